The minimum Gasteiger partial charge on any atom is -0.348 e. The van der Waals surface area contributed by atoms with Gasteiger partial charge in [-0.25, -0.2) is 9.67 Å². The first-order valence-electron chi connectivity index (χ1n) is 9.96. The Bertz CT molecular complexity index is 1130. The molecule has 1 N–H and O–H groups in total. The van der Waals surface area contributed by atoms with E-state index in [1.807, 2.05) is 23.3 Å². The molecule has 0 saturated heterocycles. The van der Waals surface area contributed by atoms with Crippen LogP contribution in [0.1, 0.15) is 39.7 Å². The molecular formula is C23H24N6. The van der Waals surface area contributed by atoms with Crippen LogP contribution in [-0.4, -0.2) is 36.2 Å². The maximum Gasteiger partial charge on any atom is 0.0926 e. The second-order valence-electron chi connectivity index (χ2n) is 7.73. The number of hydrogen-bond donors (Lipinski definition) is 1. The molecule has 1 aliphatic rings. The van der Waals surface area contributed by atoms with Gasteiger partial charge in [-0.05, 0) is 54.8 Å². The third-order valence-electron chi connectivity index (χ3n) is 5.82. The third-order valence-corrected chi connectivity index (χ3v) is 5.82. The molecule has 6 nitrogen and oxygen atoms in total. The summed E-state index contributed by atoms with van der Waals surface area (Å²) >= 11 is 0. The number of pyridine rings is 1. The highest BCUT2D eigenvalue weighted by atomic mass is 15.3. The van der Waals surface area contributed by atoms with Crippen LogP contribution < -0.4 is 0 Å². The second-order valence-corrected chi connectivity index (χ2v) is 7.73. The van der Waals surface area contributed by atoms with Gasteiger partial charge in [0.2, 0.25) is 0 Å². The third kappa shape index (κ3) is 3.36. The molecule has 0 aliphatic carbocycles. The predicted molar refractivity (Wildman–Crippen MR) is 112 cm³/mol. The first kappa shape index (κ1) is 17.8. The number of imidazole rings is 1. The molecule has 0 saturated carbocycles. The van der Waals surface area contributed by atoms with Crippen molar-refractivity contribution in [3.8, 4) is 5.69 Å². The van der Waals surface area contributed by atoms with Crippen molar-refractivity contribution in [2.75, 3.05) is 6.54 Å². The van der Waals surface area contributed by atoms with Crippen LogP contribution in [0.15, 0.2) is 61.4 Å². The van der Waals surface area contributed by atoms with Crippen LogP contribution >= 0.6 is 0 Å². The molecule has 3 aromatic heterocycles. The van der Waals surface area contributed by atoms with Crippen LogP contribution in [0.3, 0.4) is 0 Å². The summed E-state index contributed by atoms with van der Waals surface area (Å²) in [6, 6.07) is 10.7. The highest BCUT2D eigenvalue weighted by molar-refractivity contribution is 5.39. The van der Waals surface area contributed by atoms with E-state index >= 15 is 0 Å². The fourth-order valence-corrected chi connectivity index (χ4v) is 4.10. The molecule has 6 heteroatoms. The summed E-state index contributed by atoms with van der Waals surface area (Å²) in [5.74, 6) is 0. The summed E-state index contributed by atoms with van der Waals surface area (Å²) in [7, 11) is 0. The molecule has 0 spiro atoms. The lowest BCUT2D eigenvalue weighted by molar-refractivity contribution is 0.200. The Labute approximate surface area is 170 Å². The fraction of sp³-hybridized carbons (Fsp3) is 0.261. The number of benzene rings is 1. The molecule has 4 heterocycles. The Hall–Kier alpha value is -3.25. The van der Waals surface area contributed by atoms with Gasteiger partial charge in [-0.3, -0.25) is 9.88 Å². The van der Waals surface area contributed by atoms with Crippen LogP contribution in [0.25, 0.3) is 5.69 Å². The van der Waals surface area contributed by atoms with Crippen molar-refractivity contribution in [1.82, 2.24) is 29.6 Å². The van der Waals surface area contributed by atoms with E-state index in [1.165, 1.54) is 27.9 Å². The van der Waals surface area contributed by atoms with Gasteiger partial charge in [0.15, 0.2) is 0 Å². The van der Waals surface area contributed by atoms with Crippen LogP contribution in [0.2, 0.25) is 0 Å². The molecule has 5 rings (SSSR count). The van der Waals surface area contributed by atoms with Crippen molar-refractivity contribution in [2.45, 2.75) is 32.9 Å². The van der Waals surface area contributed by atoms with Gasteiger partial charge in [-0.2, -0.15) is 5.10 Å². The highest BCUT2D eigenvalue weighted by Crippen LogP contribution is 2.34. The lowest BCUT2D eigenvalue weighted by Crippen LogP contribution is -2.35. The van der Waals surface area contributed by atoms with E-state index in [0.717, 1.165) is 30.9 Å². The first-order valence-corrected chi connectivity index (χ1v) is 9.96. The first-order chi connectivity index (χ1) is 14.2. The van der Waals surface area contributed by atoms with E-state index in [-0.39, 0.29) is 6.04 Å². The van der Waals surface area contributed by atoms with Crippen molar-refractivity contribution in [2.24, 2.45) is 0 Å². The maximum absolute atomic E-state index is 4.64. The van der Waals surface area contributed by atoms with Gasteiger partial charge in [0.25, 0.3) is 0 Å². The van der Waals surface area contributed by atoms with Gasteiger partial charge in [0.1, 0.15) is 0 Å². The van der Waals surface area contributed by atoms with E-state index in [0.29, 0.717) is 0 Å². The Morgan fingerprint density at radius 2 is 1.97 bits per heavy atom. The standard InChI is InChI=1S/C23H24N6/c1-16-3-4-20(11-17(16)2)29-14-18(12-27-29)13-28-10-7-21-22(26-15-25-21)23(28)19-5-8-24-9-6-19/h3-6,8-9,11-12,14-15,23H,7,10,13H2,1-2H3,(H,25,26). The number of aryl methyl sites for hydroxylation is 2. The predicted octanol–water partition coefficient (Wildman–Crippen LogP) is 3.75. The maximum atomic E-state index is 4.64. The molecule has 146 valence electrons. The van der Waals surface area contributed by atoms with E-state index in [9.17, 15) is 0 Å². The largest absolute Gasteiger partial charge is 0.348 e. The quantitative estimate of drug-likeness (QED) is 0.582. The molecule has 29 heavy (non-hydrogen) atoms. The smallest absolute Gasteiger partial charge is 0.0926 e. The molecule has 1 atom stereocenters. The summed E-state index contributed by atoms with van der Waals surface area (Å²) in [6.45, 7) is 6.06. The highest BCUT2D eigenvalue weighted by Gasteiger charge is 2.31. The van der Waals surface area contributed by atoms with Crippen LogP contribution in [0.4, 0.5) is 0 Å². The summed E-state index contributed by atoms with van der Waals surface area (Å²) in [5.41, 5.74) is 8.43. The zero-order chi connectivity index (χ0) is 19.8. The van der Waals surface area contributed by atoms with Crippen molar-refractivity contribution >= 4 is 0 Å². The van der Waals surface area contributed by atoms with Crippen LogP contribution in [0, 0.1) is 13.8 Å². The minimum absolute atomic E-state index is 0.123. The van der Waals surface area contributed by atoms with E-state index < -0.39 is 0 Å². The van der Waals surface area contributed by atoms with Gasteiger partial charge in [0.05, 0.1) is 29.9 Å². The number of nitrogens with one attached hydrogen (secondary N) is 1. The summed E-state index contributed by atoms with van der Waals surface area (Å²) in [6.07, 6.45) is 10.6. The van der Waals surface area contributed by atoms with Gasteiger partial charge >= 0.3 is 0 Å². The minimum atomic E-state index is 0.123. The summed E-state index contributed by atoms with van der Waals surface area (Å²) < 4.78 is 1.97. The molecule has 0 radical (unpaired) electrons. The van der Waals surface area contributed by atoms with Crippen molar-refractivity contribution in [3.05, 3.63) is 95.1 Å². The van der Waals surface area contributed by atoms with Crippen LogP contribution in [0.5, 0.6) is 0 Å². The van der Waals surface area contributed by atoms with Crippen LogP contribution in [-0.2, 0) is 13.0 Å². The normalized spacial score (nSPS) is 16.7. The number of nitrogens with zero attached hydrogens (tertiary/aromatic N) is 5. The fourth-order valence-electron chi connectivity index (χ4n) is 4.10. The monoisotopic (exact) mass is 384 g/mol. The Balaban J connectivity index is 1.44. The van der Waals surface area contributed by atoms with Crippen molar-refractivity contribution < 1.29 is 0 Å². The molecule has 0 bridgehead atoms. The lowest BCUT2D eigenvalue weighted by Gasteiger charge is -2.34. The summed E-state index contributed by atoms with van der Waals surface area (Å²) in [4.78, 5) is 14.6. The van der Waals surface area contributed by atoms with E-state index in [4.69, 9.17) is 0 Å². The van der Waals surface area contributed by atoms with Crippen molar-refractivity contribution in [3.63, 3.8) is 0 Å². The molecule has 1 unspecified atom stereocenters. The van der Waals surface area contributed by atoms with Gasteiger partial charge in [-0.15, -0.1) is 0 Å². The van der Waals surface area contributed by atoms with E-state index in [2.05, 4.69) is 75.3 Å². The molecule has 0 amide bonds. The van der Waals surface area contributed by atoms with Crippen molar-refractivity contribution in [1.29, 1.82) is 0 Å². The molecule has 1 aliphatic heterocycles. The Kier molecular flexibility index (Phi) is 4.48. The number of rotatable bonds is 4. The topological polar surface area (TPSA) is 62.6 Å². The van der Waals surface area contributed by atoms with Gasteiger partial charge in [0, 0.05) is 49.4 Å². The number of hydrogen-bond acceptors (Lipinski definition) is 4. The number of aromatic amines is 1. The second kappa shape index (κ2) is 7.29. The van der Waals surface area contributed by atoms with Gasteiger partial charge in [-0.1, -0.05) is 6.07 Å². The molecule has 0 fully saturated rings. The zero-order valence-corrected chi connectivity index (χ0v) is 16.7. The number of aromatic nitrogens is 5. The SMILES string of the molecule is Cc1ccc(-n2cc(CN3CCc4[nH]cnc4C3c3ccncc3)cn2)cc1C. The van der Waals surface area contributed by atoms with Gasteiger partial charge < -0.3 is 4.98 Å². The molecule has 4 aromatic rings. The lowest BCUT2D eigenvalue weighted by atomic mass is 9.96. The summed E-state index contributed by atoms with van der Waals surface area (Å²) in [5, 5.41) is 4.61. The van der Waals surface area contributed by atoms with E-state index in [1.54, 1.807) is 6.33 Å². The number of H-pyrrole nitrogens is 1. The Morgan fingerprint density at radius 1 is 1.10 bits per heavy atom. The average Bonchev–Trinajstić information content (AvgIpc) is 3.40. The molecular weight excluding hydrogens is 360 g/mol. The average molecular weight is 384 g/mol. The molecule has 1 aromatic carbocycles. The Morgan fingerprint density at radius 3 is 2.79 bits per heavy atom. The number of fused-ring (bicyclic) bond motifs is 1. The zero-order valence-electron chi connectivity index (χ0n) is 16.7.